The van der Waals surface area contributed by atoms with Crippen molar-refractivity contribution in [2.75, 3.05) is 32.4 Å². The van der Waals surface area contributed by atoms with Gasteiger partial charge in [-0.15, -0.1) is 11.8 Å². The smallest absolute Gasteiger partial charge is 0.134 e. The third kappa shape index (κ3) is 4.23. The van der Waals surface area contributed by atoms with E-state index in [9.17, 15) is 0 Å². The highest BCUT2D eigenvalue weighted by Crippen LogP contribution is 2.46. The molecule has 0 aromatic carbocycles. The van der Waals surface area contributed by atoms with Crippen LogP contribution in [0.5, 0.6) is 0 Å². The SMILES string of the molecule is C=N/C=N\C(=C1/CSC2=C1CC(C)CC2)N(C)CCNCC. The van der Waals surface area contributed by atoms with Gasteiger partial charge in [0.05, 0.1) is 0 Å². The molecule has 1 aliphatic heterocycles. The lowest BCUT2D eigenvalue weighted by atomic mass is 9.87. The molecule has 0 radical (unpaired) electrons. The summed E-state index contributed by atoms with van der Waals surface area (Å²) in [5.74, 6) is 2.89. The van der Waals surface area contributed by atoms with E-state index in [0.717, 1.165) is 37.1 Å². The third-order valence-electron chi connectivity index (χ3n) is 4.28. The largest absolute Gasteiger partial charge is 0.358 e. The van der Waals surface area contributed by atoms with Crippen LogP contribution in [-0.2, 0) is 0 Å². The number of allylic oxidation sites excluding steroid dienone is 2. The Morgan fingerprint density at radius 1 is 1.55 bits per heavy atom. The number of likely N-dealkylation sites (N-methyl/N-ethyl adjacent to an activating group) is 2. The monoisotopic (exact) mass is 320 g/mol. The van der Waals surface area contributed by atoms with Crippen LogP contribution in [0.4, 0.5) is 0 Å². The Kier molecular flexibility index (Phi) is 6.70. The third-order valence-corrected chi connectivity index (χ3v) is 5.51. The molecule has 0 aromatic rings. The van der Waals surface area contributed by atoms with E-state index in [0.29, 0.717) is 0 Å². The molecular formula is C17H28N4S. The van der Waals surface area contributed by atoms with Crippen LogP contribution in [0.25, 0.3) is 0 Å². The van der Waals surface area contributed by atoms with Crippen molar-refractivity contribution in [2.45, 2.75) is 33.1 Å². The molecule has 2 aliphatic rings. The molecule has 0 spiro atoms. The van der Waals surface area contributed by atoms with Crippen LogP contribution in [0.1, 0.15) is 33.1 Å². The lowest BCUT2D eigenvalue weighted by Crippen LogP contribution is -2.29. The van der Waals surface area contributed by atoms with Gasteiger partial charge in [0.2, 0.25) is 0 Å². The molecule has 0 aromatic heterocycles. The molecule has 1 unspecified atom stereocenters. The van der Waals surface area contributed by atoms with Gasteiger partial charge in [0, 0.05) is 31.5 Å². The van der Waals surface area contributed by atoms with Gasteiger partial charge < -0.3 is 10.2 Å². The Hall–Kier alpha value is -1.07. The van der Waals surface area contributed by atoms with E-state index in [1.165, 1.54) is 24.8 Å². The van der Waals surface area contributed by atoms with Crippen LogP contribution in [0.3, 0.4) is 0 Å². The Balaban J connectivity index is 2.25. The van der Waals surface area contributed by atoms with Gasteiger partial charge in [-0.05, 0) is 48.9 Å². The first-order valence-corrected chi connectivity index (χ1v) is 9.14. The summed E-state index contributed by atoms with van der Waals surface area (Å²) in [5.41, 5.74) is 2.96. The summed E-state index contributed by atoms with van der Waals surface area (Å²) in [7, 11) is 2.12. The summed E-state index contributed by atoms with van der Waals surface area (Å²) in [6.45, 7) is 10.9. The summed E-state index contributed by atoms with van der Waals surface area (Å²) in [6, 6.07) is 0. The zero-order chi connectivity index (χ0) is 15.9. The van der Waals surface area contributed by atoms with Gasteiger partial charge in [0.1, 0.15) is 12.2 Å². The second-order valence-corrected chi connectivity index (χ2v) is 7.11. The maximum atomic E-state index is 4.60. The maximum Gasteiger partial charge on any atom is 0.134 e. The lowest BCUT2D eigenvalue weighted by Gasteiger charge is -2.25. The number of hydrogen-bond donors (Lipinski definition) is 1. The topological polar surface area (TPSA) is 40.0 Å². The quantitative estimate of drug-likeness (QED) is 0.444. The molecular weight excluding hydrogens is 292 g/mol. The summed E-state index contributed by atoms with van der Waals surface area (Å²) in [6.07, 6.45) is 5.32. The fraction of sp³-hybridized carbons (Fsp3) is 0.647. The van der Waals surface area contributed by atoms with E-state index < -0.39 is 0 Å². The van der Waals surface area contributed by atoms with Crippen molar-refractivity contribution < 1.29 is 0 Å². The summed E-state index contributed by atoms with van der Waals surface area (Å²) >= 11 is 2.00. The predicted molar refractivity (Wildman–Crippen MR) is 98.7 cm³/mol. The highest BCUT2D eigenvalue weighted by atomic mass is 32.2. The maximum absolute atomic E-state index is 4.60. The van der Waals surface area contributed by atoms with Crippen molar-refractivity contribution >= 4 is 24.8 Å². The molecule has 122 valence electrons. The highest BCUT2D eigenvalue weighted by molar-refractivity contribution is 8.03. The minimum absolute atomic E-state index is 0.780. The van der Waals surface area contributed by atoms with Gasteiger partial charge >= 0.3 is 0 Å². The molecule has 4 nitrogen and oxygen atoms in total. The van der Waals surface area contributed by atoms with Crippen LogP contribution in [0.15, 0.2) is 31.9 Å². The fourth-order valence-electron chi connectivity index (χ4n) is 3.02. The first-order chi connectivity index (χ1) is 10.7. The predicted octanol–water partition coefficient (Wildman–Crippen LogP) is 3.29. The van der Waals surface area contributed by atoms with Crippen LogP contribution < -0.4 is 5.32 Å². The number of nitrogens with zero attached hydrogens (tertiary/aromatic N) is 3. The molecule has 0 saturated heterocycles. The van der Waals surface area contributed by atoms with Crippen LogP contribution in [0.2, 0.25) is 0 Å². The zero-order valence-electron chi connectivity index (χ0n) is 14.1. The molecule has 1 N–H and O–H groups in total. The van der Waals surface area contributed by atoms with E-state index in [1.807, 2.05) is 11.8 Å². The summed E-state index contributed by atoms with van der Waals surface area (Å²) in [5, 5.41) is 3.37. The van der Waals surface area contributed by atoms with Crippen molar-refractivity contribution in [3.05, 3.63) is 21.9 Å². The van der Waals surface area contributed by atoms with E-state index in [-0.39, 0.29) is 0 Å². The van der Waals surface area contributed by atoms with Crippen LogP contribution in [-0.4, -0.2) is 50.4 Å². The van der Waals surface area contributed by atoms with E-state index in [2.05, 4.69) is 47.8 Å². The van der Waals surface area contributed by atoms with Crippen molar-refractivity contribution in [3.63, 3.8) is 0 Å². The molecule has 1 heterocycles. The van der Waals surface area contributed by atoms with Gasteiger partial charge in [-0.25, -0.2) is 4.99 Å². The number of rotatable bonds is 7. The van der Waals surface area contributed by atoms with Gasteiger partial charge in [-0.3, -0.25) is 4.99 Å². The number of nitrogens with one attached hydrogen (secondary N) is 1. The Morgan fingerprint density at radius 2 is 2.36 bits per heavy atom. The first kappa shape index (κ1) is 17.3. The molecule has 22 heavy (non-hydrogen) atoms. The minimum Gasteiger partial charge on any atom is -0.358 e. The molecule has 0 saturated carbocycles. The van der Waals surface area contributed by atoms with E-state index >= 15 is 0 Å². The average molecular weight is 321 g/mol. The standard InChI is InChI=1S/C17H28N4S/c1-5-19-8-9-21(4)17(20-12-18-3)15-11-22-16-7-6-13(2)10-14(15)16/h12-13,19H,3,5-11H2,1-2,4H3/b17-15-,20-12-. The minimum atomic E-state index is 0.780. The molecule has 0 fully saturated rings. The molecule has 1 aliphatic carbocycles. The van der Waals surface area contributed by atoms with Crippen LogP contribution in [0, 0.1) is 5.92 Å². The molecule has 2 rings (SSSR count). The Labute approximate surface area is 138 Å². The number of thioether (sulfide) groups is 1. The highest BCUT2D eigenvalue weighted by Gasteiger charge is 2.29. The molecule has 0 amide bonds. The number of hydrogen-bond acceptors (Lipinski definition) is 4. The van der Waals surface area contributed by atoms with Crippen LogP contribution >= 0.6 is 11.8 Å². The van der Waals surface area contributed by atoms with Gasteiger partial charge in [0.15, 0.2) is 0 Å². The van der Waals surface area contributed by atoms with E-state index in [1.54, 1.807) is 16.8 Å². The lowest BCUT2D eigenvalue weighted by molar-refractivity contribution is 0.402. The molecule has 0 bridgehead atoms. The first-order valence-electron chi connectivity index (χ1n) is 8.15. The zero-order valence-corrected chi connectivity index (χ0v) is 14.9. The Bertz CT molecular complexity index is 493. The van der Waals surface area contributed by atoms with Crippen molar-refractivity contribution in [1.29, 1.82) is 0 Å². The molecule has 5 heteroatoms. The molecule has 1 atom stereocenters. The van der Waals surface area contributed by atoms with Gasteiger partial charge in [-0.1, -0.05) is 13.8 Å². The van der Waals surface area contributed by atoms with Crippen molar-refractivity contribution in [1.82, 2.24) is 10.2 Å². The fourth-order valence-corrected chi connectivity index (χ4v) is 4.29. The Morgan fingerprint density at radius 3 is 3.09 bits per heavy atom. The normalized spacial score (nSPS) is 23.9. The van der Waals surface area contributed by atoms with Gasteiger partial charge in [0.25, 0.3) is 0 Å². The van der Waals surface area contributed by atoms with Crippen molar-refractivity contribution in [2.24, 2.45) is 15.9 Å². The van der Waals surface area contributed by atoms with E-state index in [4.69, 9.17) is 0 Å². The van der Waals surface area contributed by atoms with Gasteiger partial charge in [-0.2, -0.15) is 0 Å². The number of aliphatic imine (C=N–C) groups is 2. The van der Waals surface area contributed by atoms with Crippen molar-refractivity contribution in [3.8, 4) is 0 Å². The average Bonchev–Trinajstić information content (AvgIpc) is 2.91. The second kappa shape index (κ2) is 8.53. The summed E-state index contributed by atoms with van der Waals surface area (Å²) in [4.78, 5) is 12.2. The second-order valence-electron chi connectivity index (χ2n) is 6.04. The summed E-state index contributed by atoms with van der Waals surface area (Å²) < 4.78 is 0.